The predicted octanol–water partition coefficient (Wildman–Crippen LogP) is 3.23. The molecular formula is C18H22N2O4S3. The first kappa shape index (κ1) is 23.4. The molecule has 146 valence electrons. The van der Waals surface area contributed by atoms with Gasteiger partial charge in [0.25, 0.3) is 11.8 Å². The lowest BCUT2D eigenvalue weighted by Crippen LogP contribution is -2.43. The molecule has 1 unspecified atom stereocenters. The van der Waals surface area contributed by atoms with Gasteiger partial charge in [-0.2, -0.15) is 5.26 Å². The molecule has 0 spiro atoms. The number of thioether (sulfide) groups is 2. The molecule has 0 aromatic rings. The van der Waals surface area contributed by atoms with Crippen LogP contribution in [0.3, 0.4) is 0 Å². The molecule has 1 aliphatic heterocycles. The third-order valence-electron chi connectivity index (χ3n) is 3.70. The molecule has 1 aliphatic rings. The SMILES string of the molecule is C=C1C(=O)N(CCCOC(=O)C(C)SC(=S)SCCC)C(=O)C(C#N)=C1C. The van der Waals surface area contributed by atoms with Gasteiger partial charge < -0.3 is 4.74 Å². The summed E-state index contributed by atoms with van der Waals surface area (Å²) in [5.41, 5.74) is 0.351. The van der Waals surface area contributed by atoms with Crippen molar-refractivity contribution in [2.75, 3.05) is 18.9 Å². The molecule has 0 aliphatic carbocycles. The Labute approximate surface area is 173 Å². The van der Waals surface area contributed by atoms with Gasteiger partial charge in [0.05, 0.1) is 6.61 Å². The zero-order valence-electron chi connectivity index (χ0n) is 15.6. The highest BCUT2D eigenvalue weighted by Gasteiger charge is 2.34. The molecule has 27 heavy (non-hydrogen) atoms. The maximum absolute atomic E-state index is 12.2. The van der Waals surface area contributed by atoms with E-state index < -0.39 is 23.0 Å². The number of thiocarbonyl (C=S) groups is 1. The van der Waals surface area contributed by atoms with Crippen molar-refractivity contribution in [2.45, 2.75) is 38.9 Å². The van der Waals surface area contributed by atoms with E-state index >= 15 is 0 Å². The number of carbonyl (C=O) groups excluding carboxylic acids is 3. The second-order valence-corrected chi connectivity index (χ2v) is 9.37. The number of imide groups is 1. The minimum Gasteiger partial charge on any atom is -0.465 e. The summed E-state index contributed by atoms with van der Waals surface area (Å²) >= 11 is 8.03. The molecular weight excluding hydrogens is 404 g/mol. The van der Waals surface area contributed by atoms with E-state index in [1.54, 1.807) is 6.92 Å². The van der Waals surface area contributed by atoms with E-state index in [0.29, 0.717) is 9.10 Å². The number of rotatable bonds is 8. The molecule has 0 aromatic heterocycles. The molecule has 1 atom stereocenters. The van der Waals surface area contributed by atoms with Gasteiger partial charge in [-0.05, 0) is 38.0 Å². The van der Waals surface area contributed by atoms with Gasteiger partial charge in [0.1, 0.15) is 20.4 Å². The van der Waals surface area contributed by atoms with Crippen LogP contribution in [0.4, 0.5) is 0 Å². The first-order valence-electron chi connectivity index (χ1n) is 8.41. The topological polar surface area (TPSA) is 87.5 Å². The standard InChI is InChI=1S/C18H22N2O4S3/c1-5-9-26-18(25)27-13(4)17(23)24-8-6-7-20-15(21)12(3)11(2)14(10-19)16(20)22/h13H,3,5-9H2,1-2,4H3. The number of amides is 2. The Balaban J connectivity index is 2.47. The molecule has 0 fully saturated rings. The zero-order valence-corrected chi connectivity index (χ0v) is 18.0. The molecule has 0 bridgehead atoms. The van der Waals surface area contributed by atoms with Crippen LogP contribution in [0.25, 0.3) is 0 Å². The Morgan fingerprint density at radius 2 is 2.07 bits per heavy atom. The summed E-state index contributed by atoms with van der Waals surface area (Å²) in [6.07, 6.45) is 1.29. The van der Waals surface area contributed by atoms with E-state index in [1.165, 1.54) is 30.4 Å². The van der Waals surface area contributed by atoms with Crippen molar-refractivity contribution in [3.63, 3.8) is 0 Å². The number of nitrogens with zero attached hydrogens (tertiary/aromatic N) is 2. The minimum absolute atomic E-state index is 0.0503. The second kappa shape index (κ2) is 11.3. The summed E-state index contributed by atoms with van der Waals surface area (Å²) in [6.45, 7) is 9.05. The average molecular weight is 427 g/mol. The van der Waals surface area contributed by atoms with Crippen LogP contribution in [0.2, 0.25) is 0 Å². The van der Waals surface area contributed by atoms with Gasteiger partial charge in [-0.15, -0.1) is 11.8 Å². The van der Waals surface area contributed by atoms with Crippen molar-refractivity contribution in [1.29, 1.82) is 5.26 Å². The lowest BCUT2D eigenvalue weighted by molar-refractivity contribution is -0.143. The molecule has 1 rings (SSSR count). The van der Waals surface area contributed by atoms with Crippen LogP contribution in [0.5, 0.6) is 0 Å². The second-order valence-electron chi connectivity index (χ2n) is 5.73. The van der Waals surface area contributed by atoms with Gasteiger partial charge in [0.2, 0.25) is 0 Å². The molecule has 0 aromatic carbocycles. The maximum atomic E-state index is 12.2. The minimum atomic E-state index is -0.638. The smallest absolute Gasteiger partial charge is 0.319 e. The average Bonchev–Trinajstić information content (AvgIpc) is 2.64. The highest BCUT2D eigenvalue weighted by atomic mass is 32.2. The first-order chi connectivity index (χ1) is 12.7. The first-order valence-corrected chi connectivity index (χ1v) is 10.7. The summed E-state index contributed by atoms with van der Waals surface area (Å²) in [6, 6.07) is 1.81. The van der Waals surface area contributed by atoms with E-state index in [1.807, 2.05) is 6.07 Å². The zero-order chi connectivity index (χ0) is 20.6. The van der Waals surface area contributed by atoms with Crippen molar-refractivity contribution in [1.82, 2.24) is 4.90 Å². The van der Waals surface area contributed by atoms with Crippen molar-refractivity contribution < 1.29 is 19.1 Å². The van der Waals surface area contributed by atoms with Crippen molar-refractivity contribution in [2.24, 2.45) is 0 Å². The molecule has 2 amide bonds. The van der Waals surface area contributed by atoms with E-state index in [0.717, 1.165) is 17.1 Å². The molecule has 0 N–H and O–H groups in total. The van der Waals surface area contributed by atoms with E-state index in [2.05, 4.69) is 13.5 Å². The molecule has 6 nitrogen and oxygen atoms in total. The monoisotopic (exact) mass is 426 g/mol. The number of esters is 1. The fraction of sp³-hybridized carbons (Fsp3) is 0.500. The Morgan fingerprint density at radius 1 is 1.41 bits per heavy atom. The van der Waals surface area contributed by atoms with Crippen molar-refractivity contribution in [3.8, 4) is 6.07 Å². The Bertz CT molecular complexity index is 725. The third-order valence-corrected chi connectivity index (χ3v) is 6.57. The summed E-state index contributed by atoms with van der Waals surface area (Å²) in [5.74, 6) is -0.644. The fourth-order valence-corrected chi connectivity index (χ4v) is 4.58. The fourth-order valence-electron chi connectivity index (χ4n) is 2.12. The van der Waals surface area contributed by atoms with Gasteiger partial charge >= 0.3 is 5.97 Å². The maximum Gasteiger partial charge on any atom is 0.319 e. The predicted molar refractivity (Wildman–Crippen MR) is 112 cm³/mol. The molecule has 0 saturated heterocycles. The molecule has 0 saturated carbocycles. The van der Waals surface area contributed by atoms with Gasteiger partial charge in [-0.25, -0.2) is 0 Å². The molecule has 0 radical (unpaired) electrons. The Kier molecular flexibility index (Phi) is 9.77. The summed E-state index contributed by atoms with van der Waals surface area (Å²) < 4.78 is 5.90. The molecule has 1 heterocycles. The van der Waals surface area contributed by atoms with Gasteiger partial charge in [-0.1, -0.05) is 37.5 Å². The van der Waals surface area contributed by atoms with Crippen LogP contribution >= 0.6 is 35.7 Å². The summed E-state index contributed by atoms with van der Waals surface area (Å²) in [7, 11) is 0. The van der Waals surface area contributed by atoms with Gasteiger partial charge in [0.15, 0.2) is 0 Å². The third kappa shape index (κ3) is 6.48. The summed E-state index contributed by atoms with van der Waals surface area (Å²) in [5, 5.41) is 8.67. The van der Waals surface area contributed by atoms with Crippen LogP contribution in [-0.4, -0.2) is 50.4 Å². The number of nitriles is 1. The van der Waals surface area contributed by atoms with Crippen LogP contribution in [-0.2, 0) is 19.1 Å². The van der Waals surface area contributed by atoms with Crippen molar-refractivity contribution in [3.05, 3.63) is 23.3 Å². The van der Waals surface area contributed by atoms with Crippen LogP contribution in [0.15, 0.2) is 23.3 Å². The quantitative estimate of drug-likeness (QED) is 0.192. The van der Waals surface area contributed by atoms with Crippen LogP contribution in [0, 0.1) is 11.3 Å². The normalized spacial score (nSPS) is 15.6. The largest absolute Gasteiger partial charge is 0.465 e. The Morgan fingerprint density at radius 3 is 2.67 bits per heavy atom. The summed E-state index contributed by atoms with van der Waals surface area (Å²) in [4.78, 5) is 37.4. The highest BCUT2D eigenvalue weighted by molar-refractivity contribution is 8.47. The Hall–Kier alpha value is -1.63. The number of hydrogen-bond donors (Lipinski definition) is 0. The number of ether oxygens (including phenoxy) is 1. The number of carbonyl (C=O) groups is 3. The van der Waals surface area contributed by atoms with Crippen LogP contribution in [0.1, 0.15) is 33.6 Å². The highest BCUT2D eigenvalue weighted by Crippen LogP contribution is 2.24. The number of hydrogen-bond acceptors (Lipinski definition) is 8. The van der Waals surface area contributed by atoms with Gasteiger partial charge in [-0.3, -0.25) is 19.3 Å². The van der Waals surface area contributed by atoms with E-state index in [9.17, 15) is 14.4 Å². The van der Waals surface area contributed by atoms with Crippen LogP contribution < -0.4 is 0 Å². The van der Waals surface area contributed by atoms with Gasteiger partial charge in [0, 0.05) is 12.1 Å². The van der Waals surface area contributed by atoms with E-state index in [-0.39, 0.29) is 30.7 Å². The molecule has 9 heteroatoms. The lowest BCUT2D eigenvalue weighted by atomic mass is 9.97. The van der Waals surface area contributed by atoms with E-state index in [4.69, 9.17) is 22.2 Å². The van der Waals surface area contributed by atoms with Crippen molar-refractivity contribution >= 4 is 57.1 Å². The lowest BCUT2D eigenvalue weighted by Gasteiger charge is -2.26.